The molecule has 2 nitrogen and oxygen atoms in total. The summed E-state index contributed by atoms with van der Waals surface area (Å²) in [4.78, 5) is 0. The van der Waals surface area contributed by atoms with Crippen molar-refractivity contribution in [2.75, 3.05) is 0 Å². The third-order valence-corrected chi connectivity index (χ3v) is 5.19. The second-order valence-corrected chi connectivity index (χ2v) is 6.23. The largest absolute Gasteiger partial charge is 0.390 e. The van der Waals surface area contributed by atoms with Gasteiger partial charge < -0.3 is 10.2 Å². The predicted molar refractivity (Wildman–Crippen MR) is 69.8 cm³/mol. The van der Waals surface area contributed by atoms with Crippen molar-refractivity contribution in [3.8, 4) is 0 Å². The van der Waals surface area contributed by atoms with Crippen molar-refractivity contribution in [2.24, 2.45) is 11.8 Å². The van der Waals surface area contributed by atoms with E-state index in [0.717, 1.165) is 25.7 Å². The van der Waals surface area contributed by atoms with Crippen LogP contribution in [0, 0.1) is 11.8 Å². The van der Waals surface area contributed by atoms with Crippen molar-refractivity contribution >= 4 is 0 Å². The van der Waals surface area contributed by atoms with Gasteiger partial charge in [-0.1, -0.05) is 38.5 Å². The molecule has 0 spiro atoms. The number of aliphatic hydroxyl groups excluding tert-OH is 1. The summed E-state index contributed by atoms with van der Waals surface area (Å²) in [5, 5.41) is 21.2. The molecule has 2 aliphatic rings. The lowest BCUT2D eigenvalue weighted by molar-refractivity contribution is -0.159. The maximum atomic E-state index is 11.1. The minimum absolute atomic E-state index is 0.333. The lowest BCUT2D eigenvalue weighted by atomic mass is 9.64. The summed E-state index contributed by atoms with van der Waals surface area (Å²) in [6, 6.07) is 0. The number of rotatable bonds is 3. The Balaban J connectivity index is 2.11. The molecule has 100 valence electrons. The summed E-state index contributed by atoms with van der Waals surface area (Å²) < 4.78 is 0. The van der Waals surface area contributed by atoms with Crippen LogP contribution in [-0.4, -0.2) is 21.9 Å². The highest BCUT2D eigenvalue weighted by molar-refractivity contribution is 4.98. The first kappa shape index (κ1) is 13.4. The van der Waals surface area contributed by atoms with Gasteiger partial charge in [0.1, 0.15) is 0 Å². The standard InChI is InChI=1S/C15H28O2/c1-12(16)15(17,13-8-4-2-5-9-13)14-10-6-3-7-11-14/h12-14,16-17H,2-11H2,1H3. The Bertz CT molecular complexity index is 207. The van der Waals surface area contributed by atoms with E-state index in [1.54, 1.807) is 6.92 Å². The van der Waals surface area contributed by atoms with Gasteiger partial charge in [0, 0.05) is 0 Å². The van der Waals surface area contributed by atoms with Crippen LogP contribution in [0.2, 0.25) is 0 Å². The van der Waals surface area contributed by atoms with Crippen LogP contribution in [0.15, 0.2) is 0 Å². The van der Waals surface area contributed by atoms with Gasteiger partial charge in [0.05, 0.1) is 11.7 Å². The van der Waals surface area contributed by atoms with Gasteiger partial charge in [0.2, 0.25) is 0 Å². The fraction of sp³-hybridized carbons (Fsp3) is 1.00. The summed E-state index contributed by atoms with van der Waals surface area (Å²) in [7, 11) is 0. The van der Waals surface area contributed by atoms with Crippen molar-refractivity contribution in [1.29, 1.82) is 0 Å². The van der Waals surface area contributed by atoms with Gasteiger partial charge >= 0.3 is 0 Å². The van der Waals surface area contributed by atoms with Crippen LogP contribution < -0.4 is 0 Å². The lowest BCUT2D eigenvalue weighted by Gasteiger charge is -2.47. The van der Waals surface area contributed by atoms with E-state index in [9.17, 15) is 10.2 Å². The second kappa shape index (κ2) is 5.71. The maximum Gasteiger partial charge on any atom is 0.0958 e. The molecule has 2 N–H and O–H groups in total. The summed E-state index contributed by atoms with van der Waals surface area (Å²) in [6.45, 7) is 1.79. The third-order valence-electron chi connectivity index (χ3n) is 5.19. The Morgan fingerprint density at radius 3 is 1.47 bits per heavy atom. The van der Waals surface area contributed by atoms with E-state index in [1.165, 1.54) is 38.5 Å². The number of aliphatic hydroxyl groups is 2. The monoisotopic (exact) mass is 240 g/mol. The van der Waals surface area contributed by atoms with Gasteiger partial charge in [0.15, 0.2) is 0 Å². The first-order chi connectivity index (χ1) is 8.15. The smallest absolute Gasteiger partial charge is 0.0958 e. The molecular weight excluding hydrogens is 212 g/mol. The van der Waals surface area contributed by atoms with E-state index < -0.39 is 11.7 Å². The third kappa shape index (κ3) is 2.68. The number of hydrogen-bond donors (Lipinski definition) is 2. The van der Waals surface area contributed by atoms with E-state index >= 15 is 0 Å². The predicted octanol–water partition coefficient (Wildman–Crippen LogP) is 3.26. The average molecular weight is 240 g/mol. The maximum absolute atomic E-state index is 11.1. The van der Waals surface area contributed by atoms with E-state index in [0.29, 0.717) is 11.8 Å². The molecule has 2 aliphatic carbocycles. The van der Waals surface area contributed by atoms with Crippen LogP contribution in [0.5, 0.6) is 0 Å². The van der Waals surface area contributed by atoms with Crippen molar-refractivity contribution < 1.29 is 10.2 Å². The summed E-state index contributed by atoms with van der Waals surface area (Å²) in [6.07, 6.45) is 11.4. The van der Waals surface area contributed by atoms with Crippen molar-refractivity contribution in [3.05, 3.63) is 0 Å². The first-order valence-electron chi connectivity index (χ1n) is 7.56. The Hall–Kier alpha value is -0.0800. The minimum atomic E-state index is -0.805. The van der Waals surface area contributed by atoms with Crippen molar-refractivity contribution in [3.63, 3.8) is 0 Å². The van der Waals surface area contributed by atoms with Crippen molar-refractivity contribution in [2.45, 2.75) is 82.8 Å². The van der Waals surface area contributed by atoms with E-state index in [-0.39, 0.29) is 0 Å². The average Bonchev–Trinajstić information content (AvgIpc) is 2.39. The Labute approximate surface area is 105 Å². The van der Waals surface area contributed by atoms with Crippen LogP contribution in [0.4, 0.5) is 0 Å². The molecule has 0 heterocycles. The van der Waals surface area contributed by atoms with Crippen LogP contribution in [0.3, 0.4) is 0 Å². The zero-order valence-corrected chi connectivity index (χ0v) is 11.2. The van der Waals surface area contributed by atoms with Gasteiger partial charge in [-0.25, -0.2) is 0 Å². The zero-order chi connectivity index (χ0) is 12.3. The fourth-order valence-corrected chi connectivity index (χ4v) is 4.15. The molecular formula is C15H28O2. The molecule has 0 bridgehead atoms. The first-order valence-corrected chi connectivity index (χ1v) is 7.56. The highest BCUT2D eigenvalue weighted by Crippen LogP contribution is 2.44. The zero-order valence-electron chi connectivity index (χ0n) is 11.2. The highest BCUT2D eigenvalue weighted by Gasteiger charge is 2.47. The molecule has 17 heavy (non-hydrogen) atoms. The number of hydrogen-bond acceptors (Lipinski definition) is 2. The molecule has 0 radical (unpaired) electrons. The quantitative estimate of drug-likeness (QED) is 0.795. The molecule has 2 saturated carbocycles. The fourth-order valence-electron chi connectivity index (χ4n) is 4.15. The SMILES string of the molecule is CC(O)C(O)(C1CCCCC1)C1CCCCC1. The Morgan fingerprint density at radius 1 is 0.824 bits per heavy atom. The van der Waals surface area contributed by atoms with E-state index in [2.05, 4.69) is 0 Å². The molecule has 0 aromatic rings. The van der Waals surface area contributed by atoms with Crippen LogP contribution in [0.25, 0.3) is 0 Å². The Morgan fingerprint density at radius 2 is 1.18 bits per heavy atom. The van der Waals surface area contributed by atoms with Crippen molar-refractivity contribution in [1.82, 2.24) is 0 Å². The molecule has 2 rings (SSSR count). The van der Waals surface area contributed by atoms with Crippen LogP contribution in [-0.2, 0) is 0 Å². The molecule has 2 heteroatoms. The normalized spacial score (nSPS) is 27.0. The minimum Gasteiger partial charge on any atom is -0.390 e. The lowest BCUT2D eigenvalue weighted by Crippen LogP contribution is -2.54. The van der Waals surface area contributed by atoms with E-state index in [4.69, 9.17) is 0 Å². The highest BCUT2D eigenvalue weighted by atomic mass is 16.3. The van der Waals surface area contributed by atoms with Gasteiger partial charge in [0.25, 0.3) is 0 Å². The summed E-state index contributed by atoms with van der Waals surface area (Å²) >= 11 is 0. The van der Waals surface area contributed by atoms with E-state index in [1.807, 2.05) is 0 Å². The topological polar surface area (TPSA) is 40.5 Å². The van der Waals surface area contributed by atoms with Gasteiger partial charge in [-0.2, -0.15) is 0 Å². The van der Waals surface area contributed by atoms with Gasteiger partial charge in [-0.05, 0) is 44.4 Å². The molecule has 0 amide bonds. The van der Waals surface area contributed by atoms with Gasteiger partial charge in [-0.15, -0.1) is 0 Å². The second-order valence-electron chi connectivity index (χ2n) is 6.23. The summed E-state index contributed by atoms with van der Waals surface area (Å²) in [5.41, 5.74) is -0.805. The molecule has 0 aromatic heterocycles. The molecule has 2 fully saturated rings. The van der Waals surface area contributed by atoms with Crippen LogP contribution in [0.1, 0.15) is 71.1 Å². The van der Waals surface area contributed by atoms with Crippen LogP contribution >= 0.6 is 0 Å². The summed E-state index contributed by atoms with van der Waals surface area (Å²) in [5.74, 6) is 0.665. The molecule has 1 atom stereocenters. The molecule has 0 aromatic carbocycles. The Kier molecular flexibility index (Phi) is 4.48. The van der Waals surface area contributed by atoms with Gasteiger partial charge in [-0.3, -0.25) is 0 Å². The molecule has 0 saturated heterocycles. The molecule has 1 unspecified atom stereocenters. The molecule has 0 aliphatic heterocycles.